The van der Waals surface area contributed by atoms with Crippen molar-refractivity contribution in [1.82, 2.24) is 9.80 Å². The number of para-hydroxylation sites is 1. The van der Waals surface area contributed by atoms with E-state index in [1.165, 1.54) is 11.0 Å². The number of hydrogen-bond acceptors (Lipinski definition) is 3. The lowest BCUT2D eigenvalue weighted by molar-refractivity contribution is -0.135. The van der Waals surface area contributed by atoms with Crippen molar-refractivity contribution in [2.75, 3.05) is 32.0 Å². The molecule has 0 saturated carbocycles. The van der Waals surface area contributed by atoms with Gasteiger partial charge in [0, 0.05) is 18.8 Å². The fraction of sp³-hybridized carbons (Fsp3) is 0.364. The van der Waals surface area contributed by atoms with Gasteiger partial charge >= 0.3 is 0 Å². The Kier molecular flexibility index (Phi) is 8.27. The van der Waals surface area contributed by atoms with Crippen molar-refractivity contribution in [2.24, 2.45) is 0 Å². The highest BCUT2D eigenvalue weighted by atomic mass is 19.2. The Bertz CT molecular complexity index is 858. The summed E-state index contributed by atoms with van der Waals surface area (Å²) in [7, 11) is 1.72. The standard InChI is InChI=1S/C22H27F2N3O2/c1-4-11-27(14-21(28)25-20-8-6-5-7-16(20)2)22(29)15-26(3)13-17-9-10-18(23)19(24)12-17/h5-10,12H,4,11,13-15H2,1-3H3,(H,25,28). The lowest BCUT2D eigenvalue weighted by Crippen LogP contribution is -2.43. The minimum atomic E-state index is -0.914. The molecule has 2 rings (SSSR count). The molecule has 0 aliphatic rings. The summed E-state index contributed by atoms with van der Waals surface area (Å²) >= 11 is 0. The third-order valence-corrected chi connectivity index (χ3v) is 4.44. The van der Waals surface area contributed by atoms with Gasteiger partial charge in [-0.2, -0.15) is 0 Å². The van der Waals surface area contributed by atoms with E-state index in [1.54, 1.807) is 11.9 Å². The molecule has 0 heterocycles. The third-order valence-electron chi connectivity index (χ3n) is 4.44. The van der Waals surface area contributed by atoms with Crippen LogP contribution in [0.3, 0.4) is 0 Å². The van der Waals surface area contributed by atoms with Crippen LogP contribution in [0.1, 0.15) is 24.5 Å². The number of halogens is 2. The van der Waals surface area contributed by atoms with E-state index in [0.29, 0.717) is 12.1 Å². The van der Waals surface area contributed by atoms with Crippen LogP contribution in [0.2, 0.25) is 0 Å². The van der Waals surface area contributed by atoms with Crippen molar-refractivity contribution in [3.8, 4) is 0 Å². The van der Waals surface area contributed by atoms with Gasteiger partial charge in [-0.1, -0.05) is 31.2 Å². The summed E-state index contributed by atoms with van der Waals surface area (Å²) in [6, 6.07) is 11.1. The van der Waals surface area contributed by atoms with Crippen LogP contribution in [0.5, 0.6) is 0 Å². The number of aryl methyl sites for hydroxylation is 1. The minimum Gasteiger partial charge on any atom is -0.332 e. The van der Waals surface area contributed by atoms with E-state index in [9.17, 15) is 18.4 Å². The molecule has 0 spiro atoms. The SMILES string of the molecule is CCCN(CC(=O)Nc1ccccc1C)C(=O)CN(C)Cc1ccc(F)c(F)c1. The van der Waals surface area contributed by atoms with E-state index in [-0.39, 0.29) is 31.4 Å². The zero-order valence-electron chi connectivity index (χ0n) is 17.0. The number of rotatable bonds is 9. The zero-order valence-corrected chi connectivity index (χ0v) is 17.0. The Morgan fingerprint density at radius 3 is 2.41 bits per heavy atom. The van der Waals surface area contributed by atoms with E-state index in [2.05, 4.69) is 5.32 Å². The summed E-state index contributed by atoms with van der Waals surface area (Å²) in [5, 5.41) is 2.84. The lowest BCUT2D eigenvalue weighted by atomic mass is 10.2. The first kappa shape index (κ1) is 22.5. The fourth-order valence-corrected chi connectivity index (χ4v) is 2.97. The van der Waals surface area contributed by atoms with E-state index < -0.39 is 11.6 Å². The highest BCUT2D eigenvalue weighted by Gasteiger charge is 2.19. The molecule has 156 valence electrons. The molecule has 0 unspecified atom stereocenters. The van der Waals surface area contributed by atoms with E-state index in [1.807, 2.05) is 38.1 Å². The quantitative estimate of drug-likeness (QED) is 0.696. The van der Waals surface area contributed by atoms with Crippen molar-refractivity contribution in [1.29, 1.82) is 0 Å². The van der Waals surface area contributed by atoms with Gasteiger partial charge in [0.1, 0.15) is 0 Å². The summed E-state index contributed by atoms with van der Waals surface area (Å²) in [5.74, 6) is -2.27. The maximum absolute atomic E-state index is 13.4. The highest BCUT2D eigenvalue weighted by Crippen LogP contribution is 2.13. The Labute approximate surface area is 170 Å². The number of nitrogens with one attached hydrogen (secondary N) is 1. The number of anilines is 1. The molecule has 0 aliphatic carbocycles. The first-order chi connectivity index (χ1) is 13.8. The molecule has 5 nitrogen and oxygen atoms in total. The van der Waals surface area contributed by atoms with Crippen LogP contribution in [0.4, 0.5) is 14.5 Å². The number of nitrogens with zero attached hydrogens (tertiary/aromatic N) is 2. The van der Waals surface area contributed by atoms with E-state index in [0.717, 1.165) is 29.8 Å². The van der Waals surface area contributed by atoms with Gasteiger partial charge < -0.3 is 10.2 Å². The maximum atomic E-state index is 13.4. The Balaban J connectivity index is 1.94. The van der Waals surface area contributed by atoms with Crippen LogP contribution < -0.4 is 5.32 Å². The molecule has 29 heavy (non-hydrogen) atoms. The minimum absolute atomic E-state index is 0.0416. The van der Waals surface area contributed by atoms with Crippen molar-refractivity contribution >= 4 is 17.5 Å². The third kappa shape index (κ3) is 6.94. The van der Waals surface area contributed by atoms with Crippen LogP contribution in [0, 0.1) is 18.6 Å². The van der Waals surface area contributed by atoms with Gasteiger partial charge in [-0.15, -0.1) is 0 Å². The second kappa shape index (κ2) is 10.7. The summed E-state index contributed by atoms with van der Waals surface area (Å²) in [6.45, 7) is 4.61. The second-order valence-electron chi connectivity index (χ2n) is 7.10. The number of amides is 2. The molecule has 0 aromatic heterocycles. The van der Waals surface area contributed by atoms with Gasteiger partial charge in [0.25, 0.3) is 0 Å². The molecule has 1 N–H and O–H groups in total. The average Bonchev–Trinajstić information content (AvgIpc) is 2.66. The predicted molar refractivity (Wildman–Crippen MR) is 109 cm³/mol. The topological polar surface area (TPSA) is 52.7 Å². The zero-order chi connectivity index (χ0) is 21.4. The van der Waals surface area contributed by atoms with Gasteiger partial charge in [0.05, 0.1) is 13.1 Å². The monoisotopic (exact) mass is 403 g/mol. The van der Waals surface area contributed by atoms with Gasteiger partial charge in [-0.05, 0) is 49.7 Å². The predicted octanol–water partition coefficient (Wildman–Crippen LogP) is 3.58. The summed E-state index contributed by atoms with van der Waals surface area (Å²) < 4.78 is 26.4. The molecule has 0 radical (unpaired) electrons. The number of hydrogen-bond donors (Lipinski definition) is 1. The molecule has 2 amide bonds. The number of carbonyl (C=O) groups is 2. The highest BCUT2D eigenvalue weighted by molar-refractivity contribution is 5.95. The lowest BCUT2D eigenvalue weighted by Gasteiger charge is -2.25. The van der Waals surface area contributed by atoms with Crippen molar-refractivity contribution in [3.63, 3.8) is 0 Å². The molecule has 0 saturated heterocycles. The number of carbonyl (C=O) groups excluding carboxylic acids is 2. The molecule has 2 aromatic rings. The largest absolute Gasteiger partial charge is 0.332 e. The van der Waals surface area contributed by atoms with Crippen LogP contribution >= 0.6 is 0 Å². The molecular weight excluding hydrogens is 376 g/mol. The first-order valence-corrected chi connectivity index (χ1v) is 9.56. The molecule has 0 fully saturated rings. The first-order valence-electron chi connectivity index (χ1n) is 9.56. The maximum Gasteiger partial charge on any atom is 0.244 e. The Morgan fingerprint density at radius 2 is 1.76 bits per heavy atom. The van der Waals surface area contributed by atoms with Gasteiger partial charge in [-0.25, -0.2) is 8.78 Å². The van der Waals surface area contributed by atoms with E-state index >= 15 is 0 Å². The fourth-order valence-electron chi connectivity index (χ4n) is 2.97. The number of likely N-dealkylation sites (N-methyl/N-ethyl adjacent to an activating group) is 1. The molecule has 7 heteroatoms. The average molecular weight is 403 g/mol. The molecule has 2 aromatic carbocycles. The van der Waals surface area contributed by atoms with Crippen LogP contribution in [0.25, 0.3) is 0 Å². The van der Waals surface area contributed by atoms with E-state index in [4.69, 9.17) is 0 Å². The van der Waals surface area contributed by atoms with Crippen LogP contribution in [-0.4, -0.2) is 48.3 Å². The van der Waals surface area contributed by atoms with Crippen LogP contribution in [-0.2, 0) is 16.1 Å². The van der Waals surface area contributed by atoms with Gasteiger partial charge in [0.15, 0.2) is 11.6 Å². The second-order valence-corrected chi connectivity index (χ2v) is 7.10. The number of benzene rings is 2. The van der Waals surface area contributed by atoms with Crippen molar-refractivity contribution < 1.29 is 18.4 Å². The van der Waals surface area contributed by atoms with Crippen molar-refractivity contribution in [3.05, 3.63) is 65.2 Å². The summed E-state index contributed by atoms with van der Waals surface area (Å²) in [4.78, 5) is 28.3. The van der Waals surface area contributed by atoms with Crippen molar-refractivity contribution in [2.45, 2.75) is 26.8 Å². The summed E-state index contributed by atoms with van der Waals surface area (Å²) in [5.41, 5.74) is 2.23. The van der Waals surface area contributed by atoms with Gasteiger partial charge in [0.2, 0.25) is 11.8 Å². The Morgan fingerprint density at radius 1 is 1.03 bits per heavy atom. The normalized spacial score (nSPS) is 10.8. The Hall–Kier alpha value is -2.80. The van der Waals surface area contributed by atoms with Crippen LogP contribution in [0.15, 0.2) is 42.5 Å². The molecular formula is C22H27F2N3O2. The molecule has 0 atom stereocenters. The van der Waals surface area contributed by atoms with Gasteiger partial charge in [-0.3, -0.25) is 14.5 Å². The summed E-state index contributed by atoms with van der Waals surface area (Å²) in [6.07, 6.45) is 0.719. The molecule has 0 aliphatic heterocycles. The molecule has 0 bridgehead atoms. The smallest absolute Gasteiger partial charge is 0.244 e.